The van der Waals surface area contributed by atoms with Gasteiger partial charge in [-0.2, -0.15) is 0 Å². The van der Waals surface area contributed by atoms with Gasteiger partial charge in [-0.05, 0) is 93.1 Å². The normalized spacial score (nSPS) is 11.6. The van der Waals surface area contributed by atoms with Crippen molar-refractivity contribution in [1.82, 2.24) is 19.9 Å². The van der Waals surface area contributed by atoms with E-state index in [1.165, 1.54) is 0 Å². The Morgan fingerprint density at radius 3 is 0.815 bits per heavy atom. The van der Waals surface area contributed by atoms with Crippen molar-refractivity contribution >= 4 is 70.2 Å². The third-order valence-corrected chi connectivity index (χ3v) is 11.0. The van der Waals surface area contributed by atoms with Gasteiger partial charge in [0.2, 0.25) is 0 Å². The molecule has 0 atom stereocenters. The first-order valence-electron chi connectivity index (χ1n) is 20.4. The molecule has 9 rings (SSSR count). The van der Waals surface area contributed by atoms with Gasteiger partial charge in [0, 0.05) is 61.4 Å². The monoisotopic (exact) mass is 901 g/mol. The second-order valence-electron chi connectivity index (χ2n) is 15.6. The SMILES string of the molecule is O=C(O)Cc1cccc(-c2c3nc(c(-c4cccc(CC(=O)O)c4)c4ccc([nH]4)c(-c4cccc(CC(=O)O)c4)c4nc(c(-c5cccc(CC(=O)O)c5)c5ccc2[nH]5)C=C4)C=C3)c1.[Mn]. The van der Waals surface area contributed by atoms with E-state index in [2.05, 4.69) is 9.97 Å². The topological polar surface area (TPSA) is 207 Å². The fourth-order valence-corrected chi connectivity index (χ4v) is 8.47. The van der Waals surface area contributed by atoms with Crippen LogP contribution < -0.4 is 0 Å². The summed E-state index contributed by atoms with van der Waals surface area (Å²) in [4.78, 5) is 65.2. The summed E-state index contributed by atoms with van der Waals surface area (Å²) < 4.78 is 0. The molecule has 0 spiro atoms. The van der Waals surface area contributed by atoms with Crippen LogP contribution in [-0.2, 0) is 61.9 Å². The summed E-state index contributed by atoms with van der Waals surface area (Å²) in [7, 11) is 0. The maximum absolute atomic E-state index is 11.9. The minimum atomic E-state index is -0.968. The van der Waals surface area contributed by atoms with Crippen LogP contribution in [0, 0.1) is 0 Å². The molecule has 8 bridgehead atoms. The van der Waals surface area contributed by atoms with Crippen LogP contribution in [0.25, 0.3) is 90.9 Å². The van der Waals surface area contributed by atoms with Gasteiger partial charge in [-0.25, -0.2) is 9.97 Å². The van der Waals surface area contributed by atoms with Crippen molar-refractivity contribution in [2.45, 2.75) is 25.7 Å². The Morgan fingerprint density at radius 2 is 0.600 bits per heavy atom. The fourth-order valence-electron chi connectivity index (χ4n) is 8.47. The van der Waals surface area contributed by atoms with Crippen LogP contribution in [0.4, 0.5) is 0 Å². The van der Waals surface area contributed by atoms with Gasteiger partial charge >= 0.3 is 23.9 Å². The van der Waals surface area contributed by atoms with Gasteiger partial charge in [0.05, 0.1) is 48.5 Å². The first-order valence-corrected chi connectivity index (χ1v) is 20.4. The van der Waals surface area contributed by atoms with E-state index in [-0.39, 0.29) is 42.8 Å². The first kappa shape index (κ1) is 43.5. The summed E-state index contributed by atoms with van der Waals surface area (Å²) >= 11 is 0. The van der Waals surface area contributed by atoms with Gasteiger partial charge in [-0.15, -0.1) is 0 Å². The van der Waals surface area contributed by atoms with Crippen LogP contribution in [0.5, 0.6) is 0 Å². The van der Waals surface area contributed by atoms with Crippen molar-refractivity contribution in [1.29, 1.82) is 0 Å². The van der Waals surface area contributed by atoms with E-state index in [9.17, 15) is 39.6 Å². The minimum Gasteiger partial charge on any atom is -0.481 e. The molecule has 65 heavy (non-hydrogen) atoms. The molecule has 4 aromatic carbocycles. The van der Waals surface area contributed by atoms with Crippen LogP contribution in [0.15, 0.2) is 121 Å². The molecule has 7 aromatic rings. The number of aliphatic carboxylic acids is 4. The van der Waals surface area contributed by atoms with Crippen LogP contribution >= 0.6 is 0 Å². The average Bonchev–Trinajstić information content (AvgIpc) is 4.09. The number of carbonyl (C=O) groups is 4. The number of nitrogens with one attached hydrogen (secondary N) is 2. The number of aromatic nitrogens is 4. The predicted molar refractivity (Wildman–Crippen MR) is 246 cm³/mol. The average molecular weight is 902 g/mol. The molecule has 321 valence electrons. The van der Waals surface area contributed by atoms with Crippen molar-refractivity contribution in [3.8, 4) is 44.5 Å². The Labute approximate surface area is 381 Å². The predicted octanol–water partition coefficient (Wildman–Crippen LogP) is 9.83. The van der Waals surface area contributed by atoms with E-state index < -0.39 is 23.9 Å². The number of carboxylic acids is 4. The van der Waals surface area contributed by atoms with Gasteiger partial charge in [-0.3, -0.25) is 19.2 Å². The first-order chi connectivity index (χ1) is 30.9. The number of aromatic amines is 2. The van der Waals surface area contributed by atoms with Crippen LogP contribution in [-0.4, -0.2) is 64.2 Å². The molecule has 0 amide bonds. The molecule has 5 heterocycles. The smallest absolute Gasteiger partial charge is 0.307 e. The number of hydrogen-bond donors (Lipinski definition) is 6. The van der Waals surface area contributed by atoms with E-state index >= 15 is 0 Å². The van der Waals surface area contributed by atoms with Gasteiger partial charge < -0.3 is 30.4 Å². The van der Waals surface area contributed by atoms with E-state index in [1.807, 2.05) is 121 Å². The Hall–Kier alpha value is -8.12. The van der Waals surface area contributed by atoms with Crippen molar-refractivity contribution in [3.63, 3.8) is 0 Å². The summed E-state index contributed by atoms with van der Waals surface area (Å²) in [6, 6.07) is 36.9. The van der Waals surface area contributed by atoms with Crippen molar-refractivity contribution < 1.29 is 56.7 Å². The Bertz CT molecular complexity index is 2900. The van der Waals surface area contributed by atoms with Gasteiger partial charge in [0.25, 0.3) is 0 Å². The number of H-pyrrole nitrogens is 2. The maximum Gasteiger partial charge on any atom is 0.307 e. The number of nitrogens with zero attached hydrogens (tertiary/aromatic N) is 2. The summed E-state index contributed by atoms with van der Waals surface area (Å²) in [6.07, 6.45) is 6.85. The van der Waals surface area contributed by atoms with Crippen LogP contribution in [0.3, 0.4) is 0 Å². The molecule has 2 aliphatic heterocycles. The Kier molecular flexibility index (Phi) is 12.3. The molecule has 0 fully saturated rings. The number of fused-ring (bicyclic) bond motifs is 8. The third kappa shape index (κ3) is 9.33. The summed E-state index contributed by atoms with van der Waals surface area (Å²) in [5.41, 5.74) is 13.0. The molecule has 0 saturated heterocycles. The zero-order valence-electron chi connectivity index (χ0n) is 34.4. The standard InChI is InChI=1S/C52H38N4O8.Mn/c57-45(58)25-29-5-1-9-33(21-29)49-37-13-15-39(53-37)50(34-10-2-6-30(22-34)26-46(59)60)41-17-19-43(55-41)52(36-12-4-8-32(24-36)28-48(63)64)44-20-18-42(56-44)51(40-16-14-38(49)54-40)35-11-3-7-31(23-35)27-47(61)62;/h1-24,53,56H,25-28H2,(H,57,58)(H,59,60)(H,61,62)(H,63,64);. The Balaban J connectivity index is 0.00000576. The summed E-state index contributed by atoms with van der Waals surface area (Å²) in [5.74, 6) is -3.87. The molecule has 13 heteroatoms. The van der Waals surface area contributed by atoms with Crippen LogP contribution in [0.2, 0.25) is 0 Å². The molecule has 0 aliphatic carbocycles. The van der Waals surface area contributed by atoms with Gasteiger partial charge in [-0.1, -0.05) is 97.1 Å². The molecule has 6 N–H and O–H groups in total. The minimum absolute atomic E-state index is 0. The summed E-state index contributed by atoms with van der Waals surface area (Å²) in [6.45, 7) is 0. The van der Waals surface area contributed by atoms with E-state index in [0.29, 0.717) is 112 Å². The molecule has 3 aromatic heterocycles. The van der Waals surface area contributed by atoms with Crippen LogP contribution in [0.1, 0.15) is 45.0 Å². The zero-order valence-corrected chi connectivity index (χ0v) is 35.6. The van der Waals surface area contributed by atoms with Gasteiger partial charge in [0.1, 0.15) is 0 Å². The van der Waals surface area contributed by atoms with Crippen molar-refractivity contribution in [2.24, 2.45) is 0 Å². The fraction of sp³-hybridized carbons (Fsp3) is 0.0769. The number of rotatable bonds is 12. The number of benzene rings is 4. The Morgan fingerprint density at radius 1 is 0.369 bits per heavy atom. The molecule has 0 unspecified atom stereocenters. The summed E-state index contributed by atoms with van der Waals surface area (Å²) in [5, 5.41) is 38.8. The molecular weight excluding hydrogens is 864 g/mol. The van der Waals surface area contributed by atoms with Gasteiger partial charge in [0.15, 0.2) is 0 Å². The molecular formula is C52H38MnN4O8. The number of carboxylic acid groups (broad SMARTS) is 4. The quantitative estimate of drug-likeness (QED) is 0.0640. The molecule has 12 nitrogen and oxygen atoms in total. The second kappa shape index (κ2) is 18.3. The zero-order chi connectivity index (χ0) is 44.5. The molecule has 1 radical (unpaired) electrons. The van der Waals surface area contributed by atoms with E-state index in [4.69, 9.17) is 9.97 Å². The van der Waals surface area contributed by atoms with Crippen molar-refractivity contribution in [2.75, 3.05) is 0 Å². The maximum atomic E-state index is 11.9. The molecule has 2 aliphatic rings. The third-order valence-electron chi connectivity index (χ3n) is 11.0. The van der Waals surface area contributed by atoms with Crippen molar-refractivity contribution in [3.05, 3.63) is 166 Å². The largest absolute Gasteiger partial charge is 0.481 e. The van der Waals surface area contributed by atoms with E-state index in [1.54, 1.807) is 24.3 Å². The molecule has 0 saturated carbocycles. The second-order valence-corrected chi connectivity index (χ2v) is 15.6. The number of hydrogen-bond acceptors (Lipinski definition) is 6. The van der Waals surface area contributed by atoms with E-state index in [0.717, 1.165) is 0 Å².